The Labute approximate surface area is 113 Å². The molecule has 0 spiro atoms. The fraction of sp³-hybridized carbons (Fsp3) is 0.188. The maximum atomic E-state index is 11.1. The van der Waals surface area contributed by atoms with E-state index < -0.39 is 5.91 Å². The predicted octanol–water partition coefficient (Wildman–Crippen LogP) is 2.96. The minimum absolute atomic E-state index is 0.393. The maximum Gasteiger partial charge on any atom is 0.248 e. The number of hydrogen-bond donors (Lipinski definition) is 2. The van der Waals surface area contributed by atoms with Crippen molar-refractivity contribution in [1.82, 2.24) is 0 Å². The summed E-state index contributed by atoms with van der Waals surface area (Å²) in [6.07, 6.45) is 0.991. The molecule has 3 N–H and O–H groups in total. The summed E-state index contributed by atoms with van der Waals surface area (Å²) in [5.41, 5.74) is 9.28. The van der Waals surface area contributed by atoms with Gasteiger partial charge in [-0.25, -0.2) is 0 Å². The molecule has 2 aromatic carbocycles. The summed E-state index contributed by atoms with van der Waals surface area (Å²) in [6.45, 7) is 2.81. The van der Waals surface area contributed by atoms with Crippen LogP contribution in [0.25, 0.3) is 0 Å². The number of rotatable bonds is 5. The van der Waals surface area contributed by atoms with Crippen LogP contribution in [0.2, 0.25) is 0 Å². The first-order chi connectivity index (χ1) is 9.20. The number of nitrogens with two attached hydrogens (primary N) is 1. The quantitative estimate of drug-likeness (QED) is 0.862. The topological polar surface area (TPSA) is 55.1 Å². The van der Waals surface area contributed by atoms with Gasteiger partial charge < -0.3 is 11.1 Å². The number of primary amides is 1. The van der Waals surface area contributed by atoms with Crippen LogP contribution in [0.5, 0.6) is 0 Å². The van der Waals surface area contributed by atoms with Gasteiger partial charge in [-0.2, -0.15) is 0 Å². The third-order valence-electron chi connectivity index (χ3n) is 3.09. The van der Waals surface area contributed by atoms with Gasteiger partial charge in [0, 0.05) is 17.8 Å². The molecular weight excluding hydrogens is 236 g/mol. The smallest absolute Gasteiger partial charge is 0.248 e. The number of benzene rings is 2. The Kier molecular flexibility index (Phi) is 4.18. The standard InChI is InChI=1S/C16H18N2O/c1-2-13-7-3-4-9-15(13)18-11-12-6-5-8-14(10-12)16(17)19/h3-10,18H,2,11H2,1H3,(H2,17,19). The molecule has 0 aromatic heterocycles. The van der Waals surface area contributed by atoms with Crippen molar-refractivity contribution in [3.8, 4) is 0 Å². The predicted molar refractivity (Wildman–Crippen MR) is 78.1 cm³/mol. The van der Waals surface area contributed by atoms with E-state index in [1.54, 1.807) is 6.07 Å². The molecule has 3 heteroatoms. The van der Waals surface area contributed by atoms with E-state index in [0.29, 0.717) is 12.1 Å². The minimum Gasteiger partial charge on any atom is -0.381 e. The molecule has 19 heavy (non-hydrogen) atoms. The number of hydrogen-bond acceptors (Lipinski definition) is 2. The first-order valence-electron chi connectivity index (χ1n) is 6.41. The highest BCUT2D eigenvalue weighted by atomic mass is 16.1. The normalized spacial score (nSPS) is 10.2. The molecule has 0 heterocycles. The van der Waals surface area contributed by atoms with Gasteiger partial charge in [0.1, 0.15) is 0 Å². The molecule has 1 amide bonds. The third-order valence-corrected chi connectivity index (χ3v) is 3.09. The van der Waals surface area contributed by atoms with E-state index in [-0.39, 0.29) is 0 Å². The van der Waals surface area contributed by atoms with Crippen molar-refractivity contribution in [2.75, 3.05) is 5.32 Å². The van der Waals surface area contributed by atoms with Crippen molar-refractivity contribution in [1.29, 1.82) is 0 Å². The molecule has 0 radical (unpaired) electrons. The maximum absolute atomic E-state index is 11.1. The molecule has 0 atom stereocenters. The lowest BCUT2D eigenvalue weighted by atomic mass is 10.1. The van der Waals surface area contributed by atoms with E-state index in [1.807, 2.05) is 30.3 Å². The lowest BCUT2D eigenvalue weighted by Gasteiger charge is -2.11. The second kappa shape index (κ2) is 6.05. The summed E-state index contributed by atoms with van der Waals surface area (Å²) in [5.74, 6) is -0.393. The monoisotopic (exact) mass is 254 g/mol. The average molecular weight is 254 g/mol. The third kappa shape index (κ3) is 3.35. The molecule has 2 rings (SSSR count). The summed E-state index contributed by atoms with van der Waals surface area (Å²) in [4.78, 5) is 11.1. The molecule has 0 unspecified atom stereocenters. The highest BCUT2D eigenvalue weighted by Crippen LogP contribution is 2.16. The van der Waals surface area contributed by atoms with Gasteiger partial charge in [0.05, 0.1) is 0 Å². The molecule has 0 bridgehead atoms. The van der Waals surface area contributed by atoms with Crippen molar-refractivity contribution < 1.29 is 4.79 Å². The largest absolute Gasteiger partial charge is 0.381 e. The lowest BCUT2D eigenvalue weighted by Crippen LogP contribution is -2.11. The molecule has 98 valence electrons. The number of anilines is 1. The molecule has 0 aliphatic heterocycles. The Morgan fingerprint density at radius 3 is 2.68 bits per heavy atom. The number of carbonyl (C=O) groups is 1. The second-order valence-electron chi connectivity index (χ2n) is 4.43. The van der Waals surface area contributed by atoms with Crippen LogP contribution < -0.4 is 11.1 Å². The number of nitrogens with one attached hydrogen (secondary N) is 1. The van der Waals surface area contributed by atoms with Gasteiger partial charge in [-0.1, -0.05) is 37.3 Å². The van der Waals surface area contributed by atoms with Gasteiger partial charge >= 0.3 is 0 Å². The zero-order valence-electron chi connectivity index (χ0n) is 11.0. The fourth-order valence-corrected chi connectivity index (χ4v) is 2.03. The summed E-state index contributed by atoms with van der Waals surface area (Å²) in [7, 11) is 0. The summed E-state index contributed by atoms with van der Waals surface area (Å²) >= 11 is 0. The van der Waals surface area contributed by atoms with E-state index in [9.17, 15) is 4.79 Å². The Hall–Kier alpha value is -2.29. The van der Waals surface area contributed by atoms with Gasteiger partial charge in [-0.3, -0.25) is 4.79 Å². The number of carbonyl (C=O) groups excluding carboxylic acids is 1. The summed E-state index contributed by atoms with van der Waals surface area (Å²) in [6, 6.07) is 15.6. The van der Waals surface area contributed by atoms with Crippen LogP contribution in [-0.2, 0) is 13.0 Å². The highest BCUT2D eigenvalue weighted by Gasteiger charge is 2.02. The van der Waals surface area contributed by atoms with Crippen LogP contribution in [0.1, 0.15) is 28.4 Å². The van der Waals surface area contributed by atoms with Crippen LogP contribution in [0.15, 0.2) is 48.5 Å². The van der Waals surface area contributed by atoms with Crippen molar-refractivity contribution in [3.63, 3.8) is 0 Å². The summed E-state index contributed by atoms with van der Waals surface area (Å²) in [5, 5.41) is 3.39. The van der Waals surface area contributed by atoms with Gasteiger partial charge in [0.2, 0.25) is 5.91 Å². The summed E-state index contributed by atoms with van der Waals surface area (Å²) < 4.78 is 0. The molecule has 0 saturated heterocycles. The first kappa shape index (κ1) is 13.1. The molecule has 0 fully saturated rings. The SMILES string of the molecule is CCc1ccccc1NCc1cccc(C(N)=O)c1. The molecule has 3 nitrogen and oxygen atoms in total. The molecule has 0 aliphatic carbocycles. The average Bonchev–Trinajstić information content (AvgIpc) is 2.45. The van der Waals surface area contributed by atoms with Crippen LogP contribution in [-0.4, -0.2) is 5.91 Å². The van der Waals surface area contributed by atoms with E-state index in [0.717, 1.165) is 17.7 Å². The van der Waals surface area contributed by atoms with Crippen molar-refractivity contribution in [2.45, 2.75) is 19.9 Å². The van der Waals surface area contributed by atoms with Crippen molar-refractivity contribution >= 4 is 11.6 Å². The van der Waals surface area contributed by atoms with Crippen LogP contribution >= 0.6 is 0 Å². The van der Waals surface area contributed by atoms with Crippen molar-refractivity contribution in [2.24, 2.45) is 5.73 Å². The lowest BCUT2D eigenvalue weighted by molar-refractivity contribution is 0.1000. The first-order valence-corrected chi connectivity index (χ1v) is 6.41. The van der Waals surface area contributed by atoms with Gasteiger partial charge in [0.15, 0.2) is 0 Å². The fourth-order valence-electron chi connectivity index (χ4n) is 2.03. The van der Waals surface area contributed by atoms with Crippen LogP contribution in [0, 0.1) is 0 Å². The Morgan fingerprint density at radius 2 is 1.95 bits per heavy atom. The Morgan fingerprint density at radius 1 is 1.16 bits per heavy atom. The Bertz CT molecular complexity index is 578. The van der Waals surface area contributed by atoms with E-state index in [2.05, 4.69) is 24.4 Å². The molecule has 0 saturated carbocycles. The minimum atomic E-state index is -0.393. The number of aryl methyl sites for hydroxylation is 1. The second-order valence-corrected chi connectivity index (χ2v) is 4.43. The van der Waals surface area contributed by atoms with Crippen LogP contribution in [0.4, 0.5) is 5.69 Å². The van der Waals surface area contributed by atoms with E-state index in [1.165, 1.54) is 5.56 Å². The van der Waals surface area contributed by atoms with Gasteiger partial charge in [0.25, 0.3) is 0 Å². The van der Waals surface area contributed by atoms with Gasteiger partial charge in [-0.15, -0.1) is 0 Å². The molecule has 2 aromatic rings. The van der Waals surface area contributed by atoms with E-state index >= 15 is 0 Å². The van der Waals surface area contributed by atoms with Gasteiger partial charge in [-0.05, 0) is 35.7 Å². The molecular formula is C16H18N2O. The van der Waals surface area contributed by atoms with Crippen molar-refractivity contribution in [3.05, 3.63) is 65.2 Å². The van der Waals surface area contributed by atoms with Crippen LogP contribution in [0.3, 0.4) is 0 Å². The van der Waals surface area contributed by atoms with E-state index in [4.69, 9.17) is 5.73 Å². The Balaban J connectivity index is 2.10. The highest BCUT2D eigenvalue weighted by molar-refractivity contribution is 5.92. The number of para-hydroxylation sites is 1. The number of amides is 1. The molecule has 0 aliphatic rings. The zero-order valence-corrected chi connectivity index (χ0v) is 11.0. The zero-order chi connectivity index (χ0) is 13.7.